The highest BCUT2D eigenvalue weighted by atomic mass is 32.2. The Hall–Kier alpha value is -2.50. The molecule has 2 heterocycles. The van der Waals surface area contributed by atoms with Gasteiger partial charge >= 0.3 is 0 Å². The topological polar surface area (TPSA) is 94.6 Å². The number of aromatic nitrogens is 1. The molecule has 178 valence electrons. The highest BCUT2D eigenvalue weighted by molar-refractivity contribution is 7.93. The Morgan fingerprint density at radius 2 is 2.06 bits per heavy atom. The molecule has 1 aromatic carbocycles. The molecule has 1 saturated heterocycles. The first-order chi connectivity index (χ1) is 15.7. The average molecular weight is 494 g/mol. The van der Waals surface area contributed by atoms with E-state index >= 15 is 0 Å². The number of hydrogen-bond acceptors (Lipinski definition) is 7. The minimum Gasteiger partial charge on any atom is -0.380 e. The van der Waals surface area contributed by atoms with Crippen molar-refractivity contribution in [3.8, 4) is 0 Å². The van der Waals surface area contributed by atoms with E-state index in [0.29, 0.717) is 24.1 Å². The maximum atomic E-state index is 14.9. The first-order valence-electron chi connectivity index (χ1n) is 10.8. The smallest absolute Gasteiger partial charge is 0.266 e. The van der Waals surface area contributed by atoms with Crippen LogP contribution in [-0.4, -0.2) is 67.9 Å². The predicted octanol–water partition coefficient (Wildman–Crippen LogP) is 3.05. The maximum Gasteiger partial charge on any atom is 0.266 e. The van der Waals surface area contributed by atoms with Gasteiger partial charge in [-0.15, -0.1) is 11.3 Å². The Morgan fingerprint density at radius 3 is 2.70 bits per heavy atom. The van der Waals surface area contributed by atoms with E-state index in [-0.39, 0.29) is 29.2 Å². The molecule has 1 amide bonds. The van der Waals surface area contributed by atoms with E-state index in [4.69, 9.17) is 0 Å². The van der Waals surface area contributed by atoms with Crippen LogP contribution in [0.5, 0.6) is 0 Å². The molecule has 0 spiro atoms. The van der Waals surface area contributed by atoms with Crippen molar-refractivity contribution in [3.05, 3.63) is 47.2 Å². The van der Waals surface area contributed by atoms with Crippen molar-refractivity contribution in [2.24, 2.45) is 0 Å². The summed E-state index contributed by atoms with van der Waals surface area (Å²) in [6, 6.07) is 2.23. The summed E-state index contributed by atoms with van der Waals surface area (Å²) in [5, 5.41) is 5.17. The molecule has 4 rings (SSSR count). The largest absolute Gasteiger partial charge is 0.380 e. The summed E-state index contributed by atoms with van der Waals surface area (Å²) < 4.78 is 42.5. The van der Waals surface area contributed by atoms with Crippen LogP contribution < -0.4 is 10.0 Å². The number of benzene rings is 1. The van der Waals surface area contributed by atoms with Crippen LogP contribution in [0.2, 0.25) is 0 Å². The fraction of sp³-hybridized carbons (Fsp3) is 0.455. The van der Waals surface area contributed by atoms with E-state index < -0.39 is 20.7 Å². The number of thiazole rings is 1. The van der Waals surface area contributed by atoms with E-state index in [1.807, 2.05) is 25.1 Å². The lowest BCUT2D eigenvalue weighted by atomic mass is 9.92. The van der Waals surface area contributed by atoms with Crippen LogP contribution in [0.3, 0.4) is 0 Å². The fourth-order valence-corrected chi connectivity index (χ4v) is 6.20. The second-order valence-corrected chi connectivity index (χ2v) is 11.1. The van der Waals surface area contributed by atoms with E-state index in [1.54, 1.807) is 17.2 Å². The predicted molar refractivity (Wildman–Crippen MR) is 127 cm³/mol. The molecule has 0 bridgehead atoms. The SMILES string of the molecule is Cc1cc(S(=O)(=O)Nc2nccs2)c(F)cc1NC1CC=CC[C@@H]1N(C)C(=O)[C@@H]1CCN1C. The molecular weight excluding hydrogens is 465 g/mol. The van der Waals surface area contributed by atoms with Gasteiger partial charge in [-0.2, -0.15) is 0 Å². The number of likely N-dealkylation sites (tertiary alicyclic amines) is 1. The zero-order valence-corrected chi connectivity index (χ0v) is 20.4. The quantitative estimate of drug-likeness (QED) is 0.576. The Bertz CT molecular complexity index is 1150. The summed E-state index contributed by atoms with van der Waals surface area (Å²) >= 11 is 1.12. The monoisotopic (exact) mass is 493 g/mol. The van der Waals surface area contributed by atoms with Crippen LogP contribution in [0.25, 0.3) is 0 Å². The van der Waals surface area contributed by atoms with Crippen molar-refractivity contribution in [1.29, 1.82) is 0 Å². The van der Waals surface area contributed by atoms with Gasteiger partial charge in [-0.05, 0) is 50.9 Å². The van der Waals surface area contributed by atoms with Crippen molar-refractivity contribution >= 4 is 38.1 Å². The van der Waals surface area contributed by atoms with Crippen LogP contribution in [-0.2, 0) is 14.8 Å². The fourth-order valence-electron chi connectivity index (χ4n) is 4.27. The van der Waals surface area contributed by atoms with Crippen molar-refractivity contribution < 1.29 is 17.6 Å². The van der Waals surface area contributed by atoms with Crippen molar-refractivity contribution in [2.45, 2.75) is 49.2 Å². The molecule has 2 aromatic rings. The number of nitrogens with one attached hydrogen (secondary N) is 2. The highest BCUT2D eigenvalue weighted by Crippen LogP contribution is 2.29. The number of hydrogen-bond donors (Lipinski definition) is 2. The number of sulfonamides is 1. The molecule has 2 aliphatic rings. The number of nitrogens with zero attached hydrogens (tertiary/aromatic N) is 3. The van der Waals surface area contributed by atoms with Gasteiger partial charge in [0.05, 0.1) is 18.1 Å². The number of carbonyl (C=O) groups excluding carboxylic acids is 1. The molecule has 1 aliphatic heterocycles. The first-order valence-corrected chi connectivity index (χ1v) is 13.1. The average Bonchev–Trinajstić information content (AvgIpc) is 3.27. The number of carbonyl (C=O) groups is 1. The van der Waals surface area contributed by atoms with E-state index in [9.17, 15) is 17.6 Å². The van der Waals surface area contributed by atoms with E-state index in [2.05, 4.69) is 21.1 Å². The summed E-state index contributed by atoms with van der Waals surface area (Å²) in [7, 11) is -0.341. The van der Waals surface area contributed by atoms with Gasteiger partial charge in [-0.1, -0.05) is 12.2 Å². The van der Waals surface area contributed by atoms with Gasteiger partial charge < -0.3 is 10.2 Å². The molecular formula is C22H28FN5O3S2. The minimum absolute atomic E-state index is 0.0874. The van der Waals surface area contributed by atoms with Crippen LogP contribution in [0, 0.1) is 12.7 Å². The first kappa shape index (κ1) is 23.7. The number of aryl methyl sites for hydroxylation is 1. The second-order valence-electron chi connectivity index (χ2n) is 8.54. The molecule has 0 saturated carbocycles. The van der Waals surface area contributed by atoms with Gasteiger partial charge in [0, 0.05) is 30.9 Å². The maximum absolute atomic E-state index is 14.9. The van der Waals surface area contributed by atoms with Gasteiger partial charge in [-0.3, -0.25) is 14.4 Å². The lowest BCUT2D eigenvalue weighted by Crippen LogP contribution is -2.58. The number of anilines is 2. The standard InChI is InChI=1S/C22H28FN5O3S2/c1-14-12-20(33(30,31)26-22-24-9-11-32-22)15(23)13-17(14)25-16-6-4-5-7-18(16)28(3)21(29)19-8-10-27(19)2/h4-5,9,11-13,16,18-19,25H,6-8,10H2,1-3H3,(H,24,26)/t16?,18-,19-/m0/s1. The third-order valence-corrected chi connectivity index (χ3v) is 8.55. The van der Waals surface area contributed by atoms with Crippen LogP contribution >= 0.6 is 11.3 Å². The molecule has 1 aromatic heterocycles. The molecule has 1 unspecified atom stereocenters. The molecule has 2 N–H and O–H groups in total. The van der Waals surface area contributed by atoms with Gasteiger partial charge in [0.25, 0.3) is 10.0 Å². The van der Waals surface area contributed by atoms with Crippen molar-refractivity contribution in [3.63, 3.8) is 0 Å². The molecule has 3 atom stereocenters. The van der Waals surface area contributed by atoms with Crippen LogP contribution in [0.1, 0.15) is 24.8 Å². The van der Waals surface area contributed by atoms with Gasteiger partial charge in [0.1, 0.15) is 10.7 Å². The van der Waals surface area contributed by atoms with Gasteiger partial charge in [-0.25, -0.2) is 17.8 Å². The normalized spacial score (nSPS) is 23.1. The lowest BCUT2D eigenvalue weighted by Gasteiger charge is -2.43. The Kier molecular flexibility index (Phi) is 6.73. The molecule has 33 heavy (non-hydrogen) atoms. The van der Waals surface area contributed by atoms with Crippen molar-refractivity contribution in [2.75, 3.05) is 30.7 Å². The number of amides is 1. The van der Waals surface area contributed by atoms with Gasteiger partial charge in [0.2, 0.25) is 5.91 Å². The molecule has 11 heteroatoms. The highest BCUT2D eigenvalue weighted by Gasteiger charge is 2.37. The Morgan fingerprint density at radius 1 is 1.30 bits per heavy atom. The molecule has 0 radical (unpaired) electrons. The van der Waals surface area contributed by atoms with E-state index in [1.165, 1.54) is 18.3 Å². The second kappa shape index (κ2) is 9.40. The van der Waals surface area contributed by atoms with Crippen LogP contribution in [0.15, 0.2) is 40.8 Å². The molecule has 1 fully saturated rings. The summed E-state index contributed by atoms with van der Waals surface area (Å²) in [6.45, 7) is 2.65. The minimum atomic E-state index is -4.11. The molecule has 1 aliphatic carbocycles. The third-order valence-electron chi connectivity index (χ3n) is 6.38. The Balaban J connectivity index is 1.53. The van der Waals surface area contributed by atoms with E-state index in [0.717, 1.165) is 24.3 Å². The summed E-state index contributed by atoms with van der Waals surface area (Å²) in [6.07, 6.45) is 7.80. The number of rotatable bonds is 7. The Labute approximate surface area is 197 Å². The third kappa shape index (κ3) is 4.90. The zero-order chi connectivity index (χ0) is 23.8. The zero-order valence-electron chi connectivity index (χ0n) is 18.8. The number of halogens is 1. The summed E-state index contributed by atoms with van der Waals surface area (Å²) in [4.78, 5) is 20.2. The summed E-state index contributed by atoms with van der Waals surface area (Å²) in [5.74, 6) is -0.760. The molecule has 8 nitrogen and oxygen atoms in total. The summed E-state index contributed by atoms with van der Waals surface area (Å²) in [5.41, 5.74) is 1.10. The number of likely N-dealkylation sites (N-methyl/N-ethyl adjacent to an activating group) is 2. The van der Waals surface area contributed by atoms with Crippen molar-refractivity contribution in [1.82, 2.24) is 14.8 Å². The van der Waals surface area contributed by atoms with Crippen LogP contribution in [0.4, 0.5) is 15.2 Å². The van der Waals surface area contributed by atoms with Gasteiger partial charge in [0.15, 0.2) is 5.13 Å². The lowest BCUT2D eigenvalue weighted by molar-refractivity contribution is -0.141.